The van der Waals surface area contributed by atoms with E-state index in [-0.39, 0.29) is 37.4 Å². The molecule has 1 saturated heterocycles. The van der Waals surface area contributed by atoms with Crippen LogP contribution in [0.5, 0.6) is 5.75 Å². The number of carboxylic acid groups (broad SMARTS) is 1. The summed E-state index contributed by atoms with van der Waals surface area (Å²) in [6.45, 7) is 1.72. The fraction of sp³-hybridized carbons (Fsp3) is 0.304. The Bertz CT molecular complexity index is 1540. The Morgan fingerprint density at radius 2 is 2.02 bits per heavy atom. The molecule has 2 aromatic rings. The topological polar surface area (TPSA) is 245 Å². The number of nitrogens with zero attached hydrogens (tertiary/aromatic N) is 4. The Morgan fingerprint density at radius 1 is 1.31 bits per heavy atom. The number of rotatable bonds is 7. The number of carbonyl (C=O) groups excluding carboxylic acids is 3. The van der Waals surface area contributed by atoms with E-state index in [2.05, 4.69) is 15.3 Å². The molecule has 0 radical (unpaired) electrons. The van der Waals surface area contributed by atoms with E-state index in [4.69, 9.17) is 10.4 Å². The summed E-state index contributed by atoms with van der Waals surface area (Å²) >= 11 is 0. The van der Waals surface area contributed by atoms with Gasteiger partial charge in [-0.25, -0.2) is 14.0 Å². The number of hydrogen-bond acceptors (Lipinski definition) is 9. The fourth-order valence-electron chi connectivity index (χ4n) is 4.42. The zero-order valence-electron chi connectivity index (χ0n) is 21.9. The minimum Gasteiger partial charge on any atom is -0.534 e. The zero-order valence-corrected chi connectivity index (χ0v) is 22.8. The molecule has 16 nitrogen and oxygen atoms in total. The van der Waals surface area contributed by atoms with Crippen molar-refractivity contribution >= 4 is 49.7 Å². The maximum absolute atomic E-state index is 15.2. The van der Waals surface area contributed by atoms with Crippen molar-refractivity contribution in [3.63, 3.8) is 0 Å². The number of nitrogens with two attached hydrogens (primary N) is 1. The number of piperazine rings is 1. The van der Waals surface area contributed by atoms with E-state index < -0.39 is 73.2 Å². The highest BCUT2D eigenvalue weighted by atomic mass is 31.2. The van der Waals surface area contributed by atoms with Crippen LogP contribution in [0.15, 0.2) is 35.5 Å². The molecule has 0 spiro atoms. The smallest absolute Gasteiger partial charge is 0.534 e. The van der Waals surface area contributed by atoms with E-state index in [1.54, 1.807) is 6.92 Å². The maximum atomic E-state index is 15.2. The largest absolute Gasteiger partial charge is 0.549 e. The quantitative estimate of drug-likeness (QED) is 0.0697. The summed E-state index contributed by atoms with van der Waals surface area (Å²) < 4.78 is 32.1. The van der Waals surface area contributed by atoms with Crippen LogP contribution in [0.4, 0.5) is 9.18 Å². The van der Waals surface area contributed by atoms with Gasteiger partial charge in [-0.15, -0.1) is 0 Å². The number of pyridine rings is 1. The molecular formula is C23H25BFN6O10P. The number of urea groups is 1. The predicted octanol–water partition coefficient (Wildman–Crippen LogP) is -1.46. The molecule has 3 heterocycles. The van der Waals surface area contributed by atoms with Crippen molar-refractivity contribution in [3.05, 3.63) is 53.1 Å². The molecule has 1 aromatic carbocycles. The highest BCUT2D eigenvalue weighted by Gasteiger charge is 2.40. The Kier molecular flexibility index (Phi) is 8.63. The van der Waals surface area contributed by atoms with E-state index in [0.717, 1.165) is 0 Å². The molecule has 7 N–H and O–H groups in total. The van der Waals surface area contributed by atoms with Gasteiger partial charge < -0.3 is 40.5 Å². The first-order valence-electron chi connectivity index (χ1n) is 12.4. The SMILES string of the molecule is CCN1CCN(C(=O)N[C@@H](/C(N)=N/[C@H]2Cc3cccc(C(=O)O)c3OB2O)c2ncc(P(=O)(O)O)cc2F)C(=O)C1=O. The van der Waals surface area contributed by atoms with Gasteiger partial charge in [0.2, 0.25) is 0 Å². The first kappa shape index (κ1) is 30.6. The molecule has 1 aromatic heterocycles. The third-order valence-corrected chi connectivity index (χ3v) is 7.52. The highest BCUT2D eigenvalue weighted by molar-refractivity contribution is 7.60. The molecule has 1 fully saturated rings. The van der Waals surface area contributed by atoms with Gasteiger partial charge >= 0.3 is 38.5 Å². The molecule has 0 aliphatic carbocycles. The van der Waals surface area contributed by atoms with Gasteiger partial charge in [-0.05, 0) is 31.0 Å². The van der Waals surface area contributed by atoms with Gasteiger partial charge in [0.25, 0.3) is 0 Å². The van der Waals surface area contributed by atoms with Crippen LogP contribution in [-0.2, 0) is 20.6 Å². The summed E-state index contributed by atoms with van der Waals surface area (Å²) in [4.78, 5) is 77.9. The van der Waals surface area contributed by atoms with E-state index in [1.807, 2.05) is 0 Å². The minimum absolute atomic E-state index is 0.0374. The molecule has 2 aliphatic rings. The Labute approximate surface area is 237 Å². The molecule has 0 unspecified atom stereocenters. The third-order valence-electron chi connectivity index (χ3n) is 6.60. The number of fused-ring (bicyclic) bond motifs is 1. The number of aromatic carboxylic acids is 1. The van der Waals surface area contributed by atoms with Crippen molar-refractivity contribution in [2.75, 3.05) is 19.6 Å². The van der Waals surface area contributed by atoms with Crippen LogP contribution >= 0.6 is 7.60 Å². The van der Waals surface area contributed by atoms with Crippen LogP contribution in [-0.4, -0.2) is 97.0 Å². The van der Waals surface area contributed by atoms with Crippen LogP contribution in [0.3, 0.4) is 0 Å². The fourth-order valence-corrected chi connectivity index (χ4v) is 4.91. The number of aromatic nitrogens is 1. The number of likely N-dealkylation sites (N-methyl/N-ethyl adjacent to an activating group) is 1. The second-order valence-corrected chi connectivity index (χ2v) is 10.9. The lowest BCUT2D eigenvalue weighted by molar-refractivity contribution is -0.153. The van der Waals surface area contributed by atoms with Gasteiger partial charge in [0.05, 0.1) is 10.9 Å². The second kappa shape index (κ2) is 11.9. The van der Waals surface area contributed by atoms with Gasteiger partial charge in [0.1, 0.15) is 35.1 Å². The van der Waals surface area contributed by atoms with Gasteiger partial charge in [0, 0.05) is 25.8 Å². The number of carboxylic acids is 1. The van der Waals surface area contributed by atoms with E-state index in [0.29, 0.717) is 22.7 Å². The van der Waals surface area contributed by atoms with Crippen LogP contribution < -0.4 is 21.0 Å². The standard InChI is InChI=1S/C23H25BFN6O10P/c1-2-30-6-7-31(21(33)20(30)32)23(36)29-17(16-14(25)9-12(10-27-16)42(38,39)40)19(26)28-15-8-11-4-3-5-13(22(34)35)18(11)41-24(15)37/h3-5,9-10,15,17,37H,2,6-8H2,1H3,(H2,26,28)(H,29,36)(H,34,35)(H2,38,39,40)/t15-,17+/m0/s1. The van der Waals surface area contributed by atoms with Crippen LogP contribution in [0.25, 0.3) is 0 Å². The number of amidine groups is 1. The van der Waals surface area contributed by atoms with E-state index >= 15 is 4.39 Å². The number of hydrogen-bond donors (Lipinski definition) is 6. The molecule has 19 heteroatoms. The van der Waals surface area contributed by atoms with Crippen LogP contribution in [0.2, 0.25) is 0 Å². The number of carbonyl (C=O) groups is 4. The second-order valence-electron chi connectivity index (χ2n) is 9.26. The molecule has 0 bridgehead atoms. The van der Waals surface area contributed by atoms with Crippen LogP contribution in [0, 0.1) is 5.82 Å². The maximum Gasteiger partial charge on any atom is 0.549 e. The molecule has 4 rings (SSSR count). The number of aliphatic imine (C=N–C) groups is 1. The predicted molar refractivity (Wildman–Crippen MR) is 142 cm³/mol. The monoisotopic (exact) mass is 606 g/mol. The normalized spacial score (nSPS) is 18.4. The summed E-state index contributed by atoms with van der Waals surface area (Å²) in [5.41, 5.74) is 5.66. The molecular weight excluding hydrogens is 581 g/mol. The number of imide groups is 1. The zero-order chi connectivity index (χ0) is 30.9. The van der Waals surface area contributed by atoms with Crippen LogP contribution in [0.1, 0.15) is 34.6 Å². The summed E-state index contributed by atoms with van der Waals surface area (Å²) in [5.74, 6) is -6.51. The van der Waals surface area contributed by atoms with Gasteiger partial charge in [0.15, 0.2) is 0 Å². The summed E-state index contributed by atoms with van der Waals surface area (Å²) in [6, 6.07) is 1.84. The first-order valence-corrected chi connectivity index (χ1v) is 14.0. The lowest BCUT2D eigenvalue weighted by Gasteiger charge is -2.33. The number of para-hydroxylation sites is 1. The van der Waals surface area contributed by atoms with Gasteiger partial charge in [-0.1, -0.05) is 12.1 Å². The highest BCUT2D eigenvalue weighted by Crippen LogP contribution is 2.34. The Balaban J connectivity index is 1.69. The van der Waals surface area contributed by atoms with Crippen molar-refractivity contribution in [1.82, 2.24) is 20.1 Å². The average molecular weight is 606 g/mol. The Morgan fingerprint density at radius 3 is 2.64 bits per heavy atom. The number of amides is 4. The molecule has 0 saturated carbocycles. The van der Waals surface area contributed by atoms with Gasteiger partial charge in [-0.3, -0.25) is 29.0 Å². The van der Waals surface area contributed by atoms with Gasteiger partial charge in [-0.2, -0.15) is 0 Å². The average Bonchev–Trinajstić information content (AvgIpc) is 2.92. The minimum atomic E-state index is -4.91. The van der Waals surface area contributed by atoms with Crippen molar-refractivity contribution < 1.29 is 52.7 Å². The van der Waals surface area contributed by atoms with Crippen molar-refractivity contribution in [2.45, 2.75) is 25.3 Å². The summed E-state index contributed by atoms with van der Waals surface area (Å²) in [7, 11) is -6.63. The molecule has 4 amide bonds. The third kappa shape index (κ3) is 6.11. The van der Waals surface area contributed by atoms with E-state index in [9.17, 15) is 43.7 Å². The summed E-state index contributed by atoms with van der Waals surface area (Å²) in [6.07, 6.45) is 0.584. The van der Waals surface area contributed by atoms with E-state index in [1.165, 1.54) is 23.1 Å². The lowest BCUT2D eigenvalue weighted by atomic mass is 9.72. The molecule has 42 heavy (non-hydrogen) atoms. The first-order chi connectivity index (χ1) is 19.7. The molecule has 2 aliphatic heterocycles. The number of benzene rings is 1. The summed E-state index contributed by atoms with van der Waals surface area (Å²) in [5, 5.41) is 21.5. The Hall–Kier alpha value is -4.38. The van der Waals surface area contributed by atoms with Crippen molar-refractivity contribution in [1.29, 1.82) is 0 Å². The lowest BCUT2D eigenvalue weighted by Crippen LogP contribution is -2.59. The number of halogens is 1. The van der Waals surface area contributed by atoms with Crippen molar-refractivity contribution in [2.24, 2.45) is 10.7 Å². The van der Waals surface area contributed by atoms with Crippen molar-refractivity contribution in [3.8, 4) is 5.75 Å². The molecule has 2 atom stereocenters. The number of nitrogens with one attached hydrogen (secondary N) is 1. The molecule has 222 valence electrons.